The summed E-state index contributed by atoms with van der Waals surface area (Å²) in [6, 6.07) is 12.7. The smallest absolute Gasteiger partial charge is 0.333 e. The van der Waals surface area contributed by atoms with Gasteiger partial charge in [0.25, 0.3) is 11.1 Å². The van der Waals surface area contributed by atoms with Crippen molar-refractivity contribution in [2.45, 2.75) is 34.1 Å². The summed E-state index contributed by atoms with van der Waals surface area (Å²) in [4.78, 5) is 62.7. The number of allylic oxidation sites excluding steroid dienone is 1. The second-order valence-electron chi connectivity index (χ2n) is 11.2. The Morgan fingerprint density at radius 3 is 2.15 bits per heavy atom. The number of aromatic nitrogens is 4. The summed E-state index contributed by atoms with van der Waals surface area (Å²) in [6.45, 7) is 7.83. The number of carbonyl (C=O) groups is 2. The Bertz CT molecular complexity index is 2560. The number of hydrogen-bond donors (Lipinski definition) is 0. The van der Waals surface area contributed by atoms with Crippen molar-refractivity contribution in [1.82, 2.24) is 18.8 Å². The average Bonchev–Trinajstić information content (AvgIpc) is 3.60. The minimum atomic E-state index is -0.460. The summed E-state index contributed by atoms with van der Waals surface area (Å²) in [5.41, 5.74) is 3.73. The second kappa shape index (κ2) is 11.1. The molecule has 0 saturated heterocycles. The molecule has 3 aromatic carbocycles. The van der Waals surface area contributed by atoms with E-state index < -0.39 is 5.97 Å². The number of pyridine rings is 2. The SMILES string of the molecule is C/C=C\c1c(/C=C(\C)C(=O)OCC)nc2c3ccc4c5c(ccc(c(=O)n12)c35)c(=O)n1c2ccc(CC(=O)COCC)cc2nc41. The summed E-state index contributed by atoms with van der Waals surface area (Å²) in [7, 11) is 0. The highest BCUT2D eigenvalue weighted by Crippen LogP contribution is 2.37. The van der Waals surface area contributed by atoms with Crippen molar-refractivity contribution < 1.29 is 19.1 Å². The lowest BCUT2D eigenvalue weighted by atomic mass is 9.96. The van der Waals surface area contributed by atoms with Gasteiger partial charge in [0.15, 0.2) is 5.78 Å². The molecular formula is C36H30N4O6. The van der Waals surface area contributed by atoms with E-state index in [2.05, 4.69) is 0 Å². The van der Waals surface area contributed by atoms with Gasteiger partial charge >= 0.3 is 5.97 Å². The lowest BCUT2D eigenvalue weighted by molar-refractivity contribution is -0.138. The molecule has 0 aliphatic heterocycles. The van der Waals surface area contributed by atoms with Crippen LogP contribution in [0.15, 0.2) is 63.7 Å². The van der Waals surface area contributed by atoms with Crippen molar-refractivity contribution in [2.75, 3.05) is 19.8 Å². The van der Waals surface area contributed by atoms with Gasteiger partial charge < -0.3 is 9.47 Å². The molecule has 0 atom stereocenters. The van der Waals surface area contributed by atoms with Crippen LogP contribution in [-0.4, -0.2) is 50.3 Å². The molecule has 0 saturated carbocycles. The van der Waals surface area contributed by atoms with E-state index in [0.717, 1.165) is 10.9 Å². The Hall–Kier alpha value is -5.48. The highest BCUT2D eigenvalue weighted by Gasteiger charge is 2.23. The molecule has 0 spiro atoms. The van der Waals surface area contributed by atoms with Crippen LogP contribution in [0.1, 0.15) is 44.6 Å². The molecule has 0 N–H and O–H groups in total. The number of esters is 1. The molecule has 10 heteroatoms. The van der Waals surface area contributed by atoms with Crippen LogP contribution in [0, 0.1) is 0 Å². The molecule has 0 unspecified atom stereocenters. The summed E-state index contributed by atoms with van der Waals surface area (Å²) in [5, 5.41) is 3.59. The highest BCUT2D eigenvalue weighted by molar-refractivity contribution is 6.27. The molecule has 0 aliphatic rings. The Kier molecular flexibility index (Phi) is 7.09. The van der Waals surface area contributed by atoms with Crippen molar-refractivity contribution in [3.05, 3.63) is 91.8 Å². The number of ether oxygens (including phenoxy) is 2. The zero-order valence-electron chi connectivity index (χ0n) is 25.8. The quantitative estimate of drug-likeness (QED) is 0.121. The molecule has 0 aliphatic carbocycles. The second-order valence-corrected chi connectivity index (χ2v) is 11.2. The van der Waals surface area contributed by atoms with Gasteiger partial charge in [-0.3, -0.25) is 23.2 Å². The molecule has 4 aromatic heterocycles. The fourth-order valence-corrected chi connectivity index (χ4v) is 6.35. The number of nitrogens with zero attached hydrogens (tertiary/aromatic N) is 4. The van der Waals surface area contributed by atoms with E-state index in [4.69, 9.17) is 19.4 Å². The Labute approximate surface area is 261 Å². The van der Waals surface area contributed by atoms with Crippen LogP contribution in [0.3, 0.4) is 0 Å². The van der Waals surface area contributed by atoms with Crippen LogP contribution in [0.2, 0.25) is 0 Å². The number of carbonyl (C=O) groups excluding carboxylic acids is 2. The van der Waals surface area contributed by atoms with E-state index >= 15 is 0 Å². The summed E-state index contributed by atoms with van der Waals surface area (Å²) in [5.74, 6) is -0.498. The Balaban J connectivity index is 1.51. The molecule has 230 valence electrons. The fourth-order valence-electron chi connectivity index (χ4n) is 6.35. The maximum atomic E-state index is 14.1. The van der Waals surface area contributed by atoms with Crippen LogP contribution < -0.4 is 11.1 Å². The van der Waals surface area contributed by atoms with Crippen LogP contribution in [0.5, 0.6) is 0 Å². The van der Waals surface area contributed by atoms with Crippen LogP contribution >= 0.6 is 0 Å². The van der Waals surface area contributed by atoms with E-state index in [1.54, 1.807) is 46.9 Å². The standard InChI is InChI=1S/C36H30N4O6/c1-5-8-28-26(15-19(4)36(44)46-7-3)37-32-22-10-11-23-31-25(13-12-24(30(22)31)34(42)39(28)32)35(43)40-29-14-9-20(16-21(41)18-45-6-2)17-27(29)38-33(23)40/h5,8-15,17H,6-7,16,18H2,1-4H3/b8-5-,19-15+. The number of Topliss-reactive ketones (excluding diaryl/α,β-unsaturated/α-hetero) is 1. The number of benzene rings is 3. The number of imidazole rings is 2. The van der Waals surface area contributed by atoms with Gasteiger partial charge in [-0.2, -0.15) is 0 Å². The highest BCUT2D eigenvalue weighted by atomic mass is 16.5. The molecule has 7 aromatic rings. The van der Waals surface area contributed by atoms with Crippen molar-refractivity contribution in [3.63, 3.8) is 0 Å². The van der Waals surface area contributed by atoms with Gasteiger partial charge in [-0.15, -0.1) is 0 Å². The van der Waals surface area contributed by atoms with Crippen molar-refractivity contribution >= 4 is 78.5 Å². The Morgan fingerprint density at radius 1 is 0.848 bits per heavy atom. The minimum absolute atomic E-state index is 0.0387. The summed E-state index contributed by atoms with van der Waals surface area (Å²) < 4.78 is 13.6. The molecule has 0 radical (unpaired) electrons. The topological polar surface area (TPSA) is 121 Å². The van der Waals surface area contributed by atoms with Gasteiger partial charge in [-0.05, 0) is 81.8 Å². The molecular weight excluding hydrogens is 584 g/mol. The molecule has 0 fully saturated rings. The molecule has 0 amide bonds. The molecule has 4 heterocycles. The van der Waals surface area contributed by atoms with Crippen LogP contribution in [0.4, 0.5) is 0 Å². The van der Waals surface area contributed by atoms with Crippen molar-refractivity contribution in [2.24, 2.45) is 0 Å². The van der Waals surface area contributed by atoms with Gasteiger partial charge in [0.2, 0.25) is 0 Å². The van der Waals surface area contributed by atoms with E-state index in [-0.39, 0.29) is 36.5 Å². The number of rotatable bonds is 9. The number of ketones is 1. The lowest BCUT2D eigenvalue weighted by Crippen LogP contribution is -2.17. The average molecular weight is 615 g/mol. The summed E-state index contributed by atoms with van der Waals surface area (Å²) >= 11 is 0. The van der Waals surface area contributed by atoms with E-state index in [1.807, 2.05) is 50.3 Å². The molecule has 10 nitrogen and oxygen atoms in total. The van der Waals surface area contributed by atoms with Gasteiger partial charge in [0, 0.05) is 50.9 Å². The first kappa shape index (κ1) is 29.2. The zero-order valence-corrected chi connectivity index (χ0v) is 25.8. The van der Waals surface area contributed by atoms with Crippen LogP contribution in [0.25, 0.3) is 66.8 Å². The van der Waals surface area contributed by atoms with E-state index in [0.29, 0.717) is 72.8 Å². The fraction of sp³-hybridized carbons (Fsp3) is 0.222. The molecule has 46 heavy (non-hydrogen) atoms. The van der Waals surface area contributed by atoms with Gasteiger partial charge in [-0.25, -0.2) is 14.8 Å². The van der Waals surface area contributed by atoms with Gasteiger partial charge in [0.05, 0.1) is 29.0 Å². The monoisotopic (exact) mass is 614 g/mol. The molecule has 0 bridgehead atoms. The van der Waals surface area contributed by atoms with Gasteiger partial charge in [-0.1, -0.05) is 12.1 Å². The van der Waals surface area contributed by atoms with Crippen molar-refractivity contribution in [1.29, 1.82) is 0 Å². The van der Waals surface area contributed by atoms with E-state index in [9.17, 15) is 19.2 Å². The minimum Gasteiger partial charge on any atom is -0.463 e. The normalized spacial score (nSPS) is 12.7. The first-order chi connectivity index (χ1) is 22.3. The first-order valence-electron chi connectivity index (χ1n) is 15.2. The maximum absolute atomic E-state index is 14.1. The third-order valence-electron chi connectivity index (χ3n) is 8.31. The summed E-state index contributed by atoms with van der Waals surface area (Å²) in [6.07, 6.45) is 5.43. The predicted molar refractivity (Wildman–Crippen MR) is 179 cm³/mol. The number of fused-ring (bicyclic) bond motifs is 6. The first-order valence-corrected chi connectivity index (χ1v) is 15.2. The molecule has 7 rings (SSSR count). The third-order valence-corrected chi connectivity index (χ3v) is 8.31. The predicted octanol–water partition coefficient (Wildman–Crippen LogP) is 5.34. The largest absolute Gasteiger partial charge is 0.463 e. The van der Waals surface area contributed by atoms with E-state index in [1.165, 1.54) is 0 Å². The Morgan fingerprint density at radius 2 is 1.50 bits per heavy atom. The van der Waals surface area contributed by atoms with Crippen molar-refractivity contribution in [3.8, 4) is 0 Å². The zero-order chi connectivity index (χ0) is 32.3. The lowest BCUT2D eigenvalue weighted by Gasteiger charge is -2.12. The number of hydrogen-bond acceptors (Lipinski definition) is 8. The van der Waals surface area contributed by atoms with Gasteiger partial charge in [0.1, 0.15) is 17.9 Å². The van der Waals surface area contributed by atoms with Crippen LogP contribution in [-0.2, 0) is 25.5 Å². The maximum Gasteiger partial charge on any atom is 0.333 e. The third kappa shape index (κ3) is 4.36.